The molecule has 9 amide bonds. The number of aromatic nitrogens is 1. The summed E-state index contributed by atoms with van der Waals surface area (Å²) in [5, 5.41) is 63.7. The van der Waals surface area contributed by atoms with E-state index in [1.807, 2.05) is 6.07 Å². The van der Waals surface area contributed by atoms with Gasteiger partial charge in [0.2, 0.25) is 41.4 Å². The van der Waals surface area contributed by atoms with Crippen molar-refractivity contribution >= 4 is 113 Å². The molecular formula is C67H90N12O20S3. The van der Waals surface area contributed by atoms with E-state index in [0.717, 1.165) is 42.8 Å². The number of benzene rings is 4. The maximum absolute atomic E-state index is 14.6. The SMILES string of the molecule is CC(=O)NCSC[C@H](NC(=O)[C@H](CO)NC(=O)[C@@H](NC(=O)[C@H](Cc1ccccc1)NC(=O)[C@@H](NC(=O)[C@H](CCCCNC(=O)OCCS(C)(=O)=O)NC(=O)[C@H](Cc1c[nH]c2ccccc12)NC(=O)OC(C)(C)C)C(C)O)C(C)O)C(=O)OCCS(=O)(=O)Cc1ccc(N=Nc2ccccc2)cc1. The number of thioether (sulfide) groups is 1. The number of azo groups is 1. The van der Waals surface area contributed by atoms with Crippen LogP contribution in [0.3, 0.4) is 0 Å². The molecule has 0 saturated carbocycles. The fourth-order valence-corrected chi connectivity index (χ4v) is 12.0. The molecule has 0 radical (unpaired) electrons. The number of rotatable bonds is 40. The average molecular weight is 1480 g/mol. The maximum Gasteiger partial charge on any atom is 0.408 e. The third-order valence-corrected chi connectivity index (χ3v) is 18.2. The molecule has 0 aliphatic carbocycles. The molecule has 13 N–H and O–H groups in total. The first-order chi connectivity index (χ1) is 48.2. The van der Waals surface area contributed by atoms with E-state index in [0.29, 0.717) is 28.1 Å². The van der Waals surface area contributed by atoms with Crippen molar-refractivity contribution < 1.29 is 94.3 Å². The molecule has 556 valence electrons. The van der Waals surface area contributed by atoms with Crippen molar-refractivity contribution in [2.24, 2.45) is 10.2 Å². The highest BCUT2D eigenvalue weighted by Gasteiger charge is 2.37. The summed E-state index contributed by atoms with van der Waals surface area (Å²) in [7, 11) is -7.34. The van der Waals surface area contributed by atoms with Crippen molar-refractivity contribution in [2.45, 2.75) is 140 Å². The van der Waals surface area contributed by atoms with E-state index in [2.05, 4.69) is 63.1 Å². The van der Waals surface area contributed by atoms with Crippen molar-refractivity contribution in [1.82, 2.24) is 52.8 Å². The van der Waals surface area contributed by atoms with Gasteiger partial charge in [-0.15, -0.1) is 11.8 Å². The van der Waals surface area contributed by atoms with Gasteiger partial charge in [0.1, 0.15) is 61.1 Å². The summed E-state index contributed by atoms with van der Waals surface area (Å²) in [6.45, 7) is 6.07. The van der Waals surface area contributed by atoms with Crippen LogP contribution in [0.25, 0.3) is 10.9 Å². The zero-order valence-corrected chi connectivity index (χ0v) is 59.9. The van der Waals surface area contributed by atoms with Gasteiger partial charge in [0.15, 0.2) is 19.7 Å². The second kappa shape index (κ2) is 40.8. The Hall–Kier alpha value is -9.55. The Morgan fingerprint density at radius 2 is 1.10 bits per heavy atom. The number of sulfone groups is 2. The van der Waals surface area contributed by atoms with Crippen molar-refractivity contribution in [2.75, 3.05) is 55.8 Å². The van der Waals surface area contributed by atoms with E-state index in [1.165, 1.54) is 6.92 Å². The minimum absolute atomic E-state index is 0.0486. The molecule has 0 aliphatic rings. The third kappa shape index (κ3) is 30.3. The number of alkyl carbamates (subject to hydrolysis) is 2. The molecule has 0 spiro atoms. The smallest absolute Gasteiger partial charge is 0.408 e. The molecule has 0 fully saturated rings. The summed E-state index contributed by atoms with van der Waals surface area (Å²) < 4.78 is 65.1. The molecule has 5 rings (SSSR count). The third-order valence-electron chi connectivity index (χ3n) is 14.8. The summed E-state index contributed by atoms with van der Waals surface area (Å²) in [5.41, 5.74) is 2.23. The Balaban J connectivity index is 1.30. The Morgan fingerprint density at radius 1 is 0.569 bits per heavy atom. The second-order valence-electron chi connectivity index (χ2n) is 24.7. The maximum atomic E-state index is 14.6. The number of aromatic amines is 1. The molecule has 102 heavy (non-hydrogen) atoms. The van der Waals surface area contributed by atoms with Gasteiger partial charge in [-0.2, -0.15) is 10.2 Å². The van der Waals surface area contributed by atoms with Crippen LogP contribution in [0.4, 0.5) is 21.0 Å². The van der Waals surface area contributed by atoms with E-state index in [4.69, 9.17) is 14.2 Å². The number of carbonyl (C=O) groups excluding carboxylic acids is 10. The molecule has 0 bridgehead atoms. The molecule has 9 atom stereocenters. The number of para-hydroxylation sites is 1. The Kier molecular flexibility index (Phi) is 33.2. The molecule has 0 saturated heterocycles. The largest absolute Gasteiger partial charge is 0.463 e. The summed E-state index contributed by atoms with van der Waals surface area (Å²) >= 11 is 0.949. The Morgan fingerprint density at radius 3 is 1.70 bits per heavy atom. The first-order valence-electron chi connectivity index (χ1n) is 32.4. The molecule has 4 aromatic carbocycles. The number of ether oxygens (including phenoxy) is 3. The minimum Gasteiger partial charge on any atom is -0.463 e. The number of aliphatic hydroxyl groups is 3. The van der Waals surface area contributed by atoms with Crippen molar-refractivity contribution in [1.29, 1.82) is 0 Å². The van der Waals surface area contributed by atoms with Gasteiger partial charge in [0.05, 0.1) is 53.3 Å². The topological polar surface area (TPSA) is 476 Å². The van der Waals surface area contributed by atoms with Gasteiger partial charge < -0.3 is 82.4 Å². The molecule has 5 aromatic rings. The highest BCUT2D eigenvalue weighted by atomic mass is 32.2. The molecule has 2 unspecified atom stereocenters. The van der Waals surface area contributed by atoms with Gasteiger partial charge in [0.25, 0.3) is 0 Å². The van der Waals surface area contributed by atoms with Gasteiger partial charge in [-0.1, -0.05) is 78.9 Å². The molecule has 1 heterocycles. The van der Waals surface area contributed by atoms with E-state index in [-0.39, 0.29) is 50.3 Å². The summed E-state index contributed by atoms with van der Waals surface area (Å²) in [6.07, 6.45) is -3.20. The minimum atomic E-state index is -3.90. The lowest BCUT2D eigenvalue weighted by Gasteiger charge is -2.29. The number of unbranched alkanes of at least 4 members (excludes halogenated alkanes) is 1. The number of fused-ring (bicyclic) bond motifs is 1. The van der Waals surface area contributed by atoms with Gasteiger partial charge in [-0.3, -0.25) is 33.6 Å². The second-order valence-corrected chi connectivity index (χ2v) is 30.2. The van der Waals surface area contributed by atoms with Crippen LogP contribution < -0.4 is 47.9 Å². The van der Waals surface area contributed by atoms with E-state index < -0.39 is 176 Å². The quantitative estimate of drug-likeness (QED) is 0.00875. The number of carbonyl (C=O) groups is 10. The molecular weight excluding hydrogens is 1390 g/mol. The van der Waals surface area contributed by atoms with Crippen LogP contribution in [0.15, 0.2) is 126 Å². The lowest BCUT2D eigenvalue weighted by atomic mass is 10.0. The number of nitrogens with zero attached hydrogens (tertiary/aromatic N) is 2. The lowest BCUT2D eigenvalue weighted by Crippen LogP contribution is -2.63. The van der Waals surface area contributed by atoms with E-state index in [9.17, 15) is 80.1 Å². The van der Waals surface area contributed by atoms with Gasteiger partial charge >= 0.3 is 18.2 Å². The van der Waals surface area contributed by atoms with Gasteiger partial charge in [-0.05, 0) is 101 Å². The number of nitrogens with one attached hydrogen (secondary N) is 10. The predicted octanol–water partition coefficient (Wildman–Crippen LogP) is 1.85. The zero-order valence-electron chi connectivity index (χ0n) is 57.5. The predicted molar refractivity (Wildman–Crippen MR) is 377 cm³/mol. The van der Waals surface area contributed by atoms with Gasteiger partial charge in [-0.25, -0.2) is 31.2 Å². The number of hydrogen-bond donors (Lipinski definition) is 13. The summed E-state index contributed by atoms with van der Waals surface area (Å²) in [5.74, 6) is -10.1. The summed E-state index contributed by atoms with van der Waals surface area (Å²) in [4.78, 5) is 140. The average Bonchev–Trinajstić information content (AvgIpc) is 1.64. The molecule has 0 aliphatic heterocycles. The van der Waals surface area contributed by atoms with E-state index in [1.54, 1.807) is 130 Å². The number of aliphatic hydroxyl groups excluding tert-OH is 3. The van der Waals surface area contributed by atoms with Crippen LogP contribution in [0, 0.1) is 0 Å². The summed E-state index contributed by atoms with van der Waals surface area (Å²) in [6, 6.07) is 18.5. The number of H-pyrrole nitrogens is 1. The highest BCUT2D eigenvalue weighted by molar-refractivity contribution is 7.99. The molecule has 35 heteroatoms. The van der Waals surface area contributed by atoms with Crippen LogP contribution in [0.5, 0.6) is 0 Å². The molecule has 1 aromatic heterocycles. The fraction of sp³-hybridized carbons (Fsp3) is 0.463. The van der Waals surface area contributed by atoms with E-state index >= 15 is 0 Å². The monoisotopic (exact) mass is 1480 g/mol. The first kappa shape index (κ1) is 83.1. The number of amides is 9. The lowest BCUT2D eigenvalue weighted by molar-refractivity contribution is -0.147. The van der Waals surface area contributed by atoms with Crippen LogP contribution in [0.2, 0.25) is 0 Å². The Labute approximate surface area is 595 Å². The first-order valence-corrected chi connectivity index (χ1v) is 37.4. The van der Waals surface area contributed by atoms with Gasteiger partial charge in [0, 0.05) is 55.4 Å². The normalized spacial score (nSPS) is 14.3. The fourth-order valence-electron chi connectivity index (χ4n) is 9.55. The highest BCUT2D eigenvalue weighted by Crippen LogP contribution is 2.22. The van der Waals surface area contributed by atoms with Crippen LogP contribution in [-0.2, 0) is 90.8 Å². The van der Waals surface area contributed by atoms with Crippen LogP contribution in [-0.4, -0.2) is 213 Å². The molecule has 32 nitrogen and oxygen atoms in total. The standard InChI is InChI=1S/C67H90N12O20S3/c1-41(81)56(76-58(84)51(24-16-17-29-68-65(91)98-30-32-101(7,93)94)71-59(85)53(75-66(92)99-67(4,5)6)35-46-36-69-50-23-15-14-22-49(46)50)62(88)72-52(34-44-18-10-8-11-19-44)60(86)77-57(42(2)82)63(89)73-54(37-80)61(87)74-55(38-100-40-70-43(3)83)64(90)97-31-33-102(95,96)39-45-25-27-48(28-26-45)79-78-47-20-12-9-13-21-47/h8-15,18-23,25-28,36,41-42,51-57,69,80-82H,16-17,24,29-35,37-40H2,1-7H3,(H,68,91)(H,70,83)(H,71,85)(H,72,88)(H,73,89)(H,74,87)(H,75,92)(H,76,84)(H,77,86)/t41?,42?,51-,52-,53-,54-,55-,56-,57-/m0/s1. The van der Waals surface area contributed by atoms with Crippen LogP contribution in [0.1, 0.15) is 77.5 Å². The van der Waals surface area contributed by atoms with Crippen molar-refractivity contribution in [3.8, 4) is 0 Å². The zero-order chi connectivity index (χ0) is 75.2. The number of hydrogen-bond acceptors (Lipinski definition) is 23. The number of esters is 1. The van der Waals surface area contributed by atoms with Crippen molar-refractivity contribution in [3.63, 3.8) is 0 Å². The van der Waals surface area contributed by atoms with Crippen molar-refractivity contribution in [3.05, 3.63) is 132 Å². The Bertz CT molecular complexity index is 3900. The van der Waals surface area contributed by atoms with Crippen LogP contribution >= 0.6 is 11.8 Å².